The molecule has 9 nitrogen and oxygen atoms in total. The van der Waals surface area contributed by atoms with E-state index in [9.17, 15) is 19.5 Å². The summed E-state index contributed by atoms with van der Waals surface area (Å²) in [7, 11) is 0. The van der Waals surface area contributed by atoms with Gasteiger partial charge >= 0.3 is 0 Å². The van der Waals surface area contributed by atoms with Crippen LogP contribution in [0.1, 0.15) is 27.1 Å². The number of thioether (sulfide) groups is 1. The fraction of sp³-hybridized carbons (Fsp3) is 0.364. The number of benzene rings is 1. The molecule has 32 heavy (non-hydrogen) atoms. The van der Waals surface area contributed by atoms with E-state index in [2.05, 4.69) is 10.3 Å². The molecule has 0 radical (unpaired) electrons. The normalized spacial score (nSPS) is 22.6. The smallest absolute Gasteiger partial charge is 0.255 e. The van der Waals surface area contributed by atoms with Gasteiger partial charge in [0.25, 0.3) is 11.8 Å². The van der Waals surface area contributed by atoms with Gasteiger partial charge in [0.15, 0.2) is 0 Å². The van der Waals surface area contributed by atoms with E-state index in [4.69, 9.17) is 4.74 Å². The van der Waals surface area contributed by atoms with E-state index in [0.717, 1.165) is 0 Å². The van der Waals surface area contributed by atoms with Crippen LogP contribution in [0.25, 0.3) is 0 Å². The Morgan fingerprint density at radius 3 is 2.78 bits per heavy atom. The number of carbonyl (C=O) groups excluding carboxylic acids is 3. The number of aromatic hydroxyl groups is 1. The predicted octanol–water partition coefficient (Wildman–Crippen LogP) is 1.59. The van der Waals surface area contributed by atoms with Crippen LogP contribution in [0, 0.1) is 0 Å². The number of aromatic nitrogens is 1. The number of piperidine rings is 1. The maximum absolute atomic E-state index is 13.1. The minimum Gasteiger partial charge on any atom is -0.508 e. The van der Waals surface area contributed by atoms with E-state index in [1.54, 1.807) is 29.3 Å². The molecule has 1 aromatic heterocycles. The number of carbonyl (C=O) groups is 3. The first-order valence-corrected chi connectivity index (χ1v) is 11.4. The highest BCUT2D eigenvalue weighted by Gasteiger charge is 2.40. The number of morpholine rings is 1. The molecule has 2 aromatic rings. The third-order valence-electron chi connectivity index (χ3n) is 5.96. The van der Waals surface area contributed by atoms with Gasteiger partial charge in [-0.05, 0) is 36.8 Å². The number of pyridine rings is 1. The van der Waals surface area contributed by atoms with Gasteiger partial charge in [0.1, 0.15) is 10.8 Å². The van der Waals surface area contributed by atoms with Crippen molar-refractivity contribution in [1.82, 2.24) is 14.8 Å². The Labute approximate surface area is 188 Å². The Morgan fingerprint density at radius 1 is 1.16 bits per heavy atom. The summed E-state index contributed by atoms with van der Waals surface area (Å²) < 4.78 is 5.93. The number of likely N-dealkylation sites (tertiary alicyclic amines) is 1. The van der Waals surface area contributed by atoms with Crippen LogP contribution in [0.3, 0.4) is 0 Å². The highest BCUT2D eigenvalue weighted by Crippen LogP contribution is 2.31. The second-order valence-corrected chi connectivity index (χ2v) is 8.94. The lowest BCUT2D eigenvalue weighted by atomic mass is 9.96. The van der Waals surface area contributed by atoms with Gasteiger partial charge in [0.2, 0.25) is 5.91 Å². The highest BCUT2D eigenvalue weighted by molar-refractivity contribution is 8.00. The fourth-order valence-electron chi connectivity index (χ4n) is 4.38. The molecule has 0 saturated carbocycles. The molecule has 1 aromatic carbocycles. The topological polar surface area (TPSA) is 112 Å². The van der Waals surface area contributed by atoms with E-state index in [1.807, 2.05) is 4.90 Å². The number of rotatable bonds is 2. The number of fused-ring (bicyclic) bond motifs is 2. The molecule has 166 valence electrons. The molecular formula is C22H22N4O5S. The molecule has 4 heterocycles. The number of phenolic OH excluding ortho intramolecular Hbond substituents is 1. The minimum atomic E-state index is -0.275. The van der Waals surface area contributed by atoms with Crippen LogP contribution in [0.15, 0.2) is 41.6 Å². The first kappa shape index (κ1) is 20.8. The summed E-state index contributed by atoms with van der Waals surface area (Å²) in [6.07, 6.45) is 1.87. The summed E-state index contributed by atoms with van der Waals surface area (Å²) in [5.41, 5.74) is 1.49. The van der Waals surface area contributed by atoms with Crippen molar-refractivity contribution in [2.75, 3.05) is 37.3 Å². The van der Waals surface area contributed by atoms with Crippen molar-refractivity contribution in [1.29, 1.82) is 0 Å². The number of hydrogen-bond donors (Lipinski definition) is 2. The molecule has 0 unspecified atom stereocenters. The monoisotopic (exact) mass is 454 g/mol. The molecule has 3 aliphatic rings. The van der Waals surface area contributed by atoms with Gasteiger partial charge in [-0.2, -0.15) is 0 Å². The molecule has 2 N–H and O–H groups in total. The number of amides is 3. The SMILES string of the molecule is O=C1CSc2ncc(C(=O)N3CC[C@H]4[C@@H](C3)OCCN4C(=O)c3ccc(O)cc3)cc2N1. The zero-order valence-electron chi connectivity index (χ0n) is 17.2. The average Bonchev–Trinajstić information content (AvgIpc) is 2.82. The molecule has 5 rings (SSSR count). The lowest BCUT2D eigenvalue weighted by Gasteiger charge is -2.46. The lowest BCUT2D eigenvalue weighted by Crippen LogP contribution is -2.61. The number of phenols is 1. The van der Waals surface area contributed by atoms with Gasteiger partial charge in [-0.25, -0.2) is 4.98 Å². The van der Waals surface area contributed by atoms with E-state index in [1.165, 1.54) is 23.9 Å². The van der Waals surface area contributed by atoms with Crippen LogP contribution < -0.4 is 5.32 Å². The predicted molar refractivity (Wildman–Crippen MR) is 117 cm³/mol. The quantitative estimate of drug-likeness (QED) is 0.709. The van der Waals surface area contributed by atoms with Crippen molar-refractivity contribution in [3.63, 3.8) is 0 Å². The summed E-state index contributed by atoms with van der Waals surface area (Å²) >= 11 is 1.35. The van der Waals surface area contributed by atoms with E-state index in [0.29, 0.717) is 60.3 Å². The molecule has 0 aliphatic carbocycles. The number of nitrogens with zero attached hydrogens (tertiary/aromatic N) is 3. The Morgan fingerprint density at radius 2 is 1.97 bits per heavy atom. The number of ether oxygens (including phenoxy) is 1. The Hall–Kier alpha value is -3.11. The number of anilines is 1. The molecule has 10 heteroatoms. The van der Waals surface area contributed by atoms with Gasteiger partial charge in [0, 0.05) is 31.4 Å². The summed E-state index contributed by atoms with van der Waals surface area (Å²) in [5, 5.41) is 13.0. The fourth-order valence-corrected chi connectivity index (χ4v) is 5.11. The molecule has 2 fully saturated rings. The van der Waals surface area contributed by atoms with Gasteiger partial charge in [0.05, 0.1) is 35.8 Å². The van der Waals surface area contributed by atoms with Gasteiger partial charge in [-0.1, -0.05) is 11.8 Å². The van der Waals surface area contributed by atoms with Gasteiger partial charge in [-0.3, -0.25) is 14.4 Å². The zero-order chi connectivity index (χ0) is 22.2. The molecule has 2 atom stereocenters. The first-order chi connectivity index (χ1) is 15.5. The second kappa shape index (κ2) is 8.44. The van der Waals surface area contributed by atoms with Crippen LogP contribution in [0.5, 0.6) is 5.75 Å². The zero-order valence-corrected chi connectivity index (χ0v) is 18.0. The molecule has 3 amide bonds. The van der Waals surface area contributed by atoms with Crippen LogP contribution >= 0.6 is 11.8 Å². The Kier molecular flexibility index (Phi) is 5.48. The average molecular weight is 455 g/mol. The third kappa shape index (κ3) is 3.91. The lowest BCUT2D eigenvalue weighted by molar-refractivity contribution is -0.113. The van der Waals surface area contributed by atoms with Gasteiger partial charge in [-0.15, -0.1) is 0 Å². The molecule has 0 bridgehead atoms. The van der Waals surface area contributed by atoms with Crippen molar-refractivity contribution >= 4 is 35.2 Å². The highest BCUT2D eigenvalue weighted by atomic mass is 32.2. The largest absolute Gasteiger partial charge is 0.508 e. The Bertz CT molecular complexity index is 1080. The summed E-state index contributed by atoms with van der Waals surface area (Å²) in [6, 6.07) is 7.77. The molecule has 3 aliphatic heterocycles. The summed E-state index contributed by atoms with van der Waals surface area (Å²) in [6.45, 7) is 1.75. The summed E-state index contributed by atoms with van der Waals surface area (Å²) in [4.78, 5) is 45.7. The van der Waals surface area contributed by atoms with E-state index in [-0.39, 0.29) is 35.6 Å². The molecule has 2 saturated heterocycles. The van der Waals surface area contributed by atoms with Crippen molar-refractivity contribution < 1.29 is 24.2 Å². The molecule has 0 spiro atoms. The van der Waals surface area contributed by atoms with E-state index >= 15 is 0 Å². The first-order valence-electron chi connectivity index (χ1n) is 10.4. The number of nitrogens with one attached hydrogen (secondary N) is 1. The van der Waals surface area contributed by atoms with Crippen LogP contribution in [0.2, 0.25) is 0 Å². The van der Waals surface area contributed by atoms with Crippen LogP contribution in [-0.2, 0) is 9.53 Å². The Balaban J connectivity index is 1.29. The number of hydrogen-bond acceptors (Lipinski definition) is 7. The van der Waals surface area contributed by atoms with Crippen molar-refractivity contribution in [2.24, 2.45) is 0 Å². The maximum atomic E-state index is 13.1. The van der Waals surface area contributed by atoms with Crippen molar-refractivity contribution in [2.45, 2.75) is 23.6 Å². The second-order valence-electron chi connectivity index (χ2n) is 7.98. The van der Waals surface area contributed by atoms with Crippen LogP contribution in [-0.4, -0.2) is 81.8 Å². The third-order valence-corrected chi connectivity index (χ3v) is 6.97. The standard InChI is InChI=1S/C22H22N4O5S/c27-15-3-1-13(2-4-15)22(30)26-7-8-31-18-11-25(6-5-17(18)26)21(29)14-9-16-20(23-10-14)32-12-19(28)24-16/h1-4,9-10,17-18,27H,5-8,11-12H2,(H,24,28)/t17-,18+/m0/s1. The van der Waals surface area contributed by atoms with E-state index < -0.39 is 0 Å². The molecular weight excluding hydrogens is 432 g/mol. The maximum Gasteiger partial charge on any atom is 0.255 e. The van der Waals surface area contributed by atoms with Crippen molar-refractivity contribution in [3.8, 4) is 5.75 Å². The minimum absolute atomic E-state index is 0.102. The van der Waals surface area contributed by atoms with Gasteiger partial charge < -0.3 is 25.0 Å². The summed E-state index contributed by atoms with van der Waals surface area (Å²) in [5.74, 6) is 0.0512. The van der Waals surface area contributed by atoms with Crippen molar-refractivity contribution in [3.05, 3.63) is 47.7 Å². The van der Waals surface area contributed by atoms with Crippen LogP contribution in [0.4, 0.5) is 5.69 Å².